The van der Waals surface area contributed by atoms with Crippen LogP contribution in [0.1, 0.15) is 13.8 Å². The molecule has 0 aliphatic carbocycles. The lowest BCUT2D eigenvalue weighted by atomic mass is 10.3. The van der Waals surface area contributed by atoms with Crippen LogP contribution in [0.15, 0.2) is 40.6 Å². The van der Waals surface area contributed by atoms with Crippen molar-refractivity contribution in [1.82, 2.24) is 0 Å². The molecule has 1 aromatic carbocycles. The van der Waals surface area contributed by atoms with E-state index in [1.165, 1.54) is 11.4 Å². The van der Waals surface area contributed by atoms with Crippen molar-refractivity contribution >= 4 is 49.5 Å². The van der Waals surface area contributed by atoms with Gasteiger partial charge in [0.05, 0.1) is 15.1 Å². The van der Waals surface area contributed by atoms with Crippen molar-refractivity contribution < 1.29 is 13.2 Å². The van der Waals surface area contributed by atoms with Crippen LogP contribution in [0.25, 0.3) is 0 Å². The van der Waals surface area contributed by atoms with E-state index < -0.39 is 21.1 Å². The minimum absolute atomic E-state index is 0.213. The lowest BCUT2D eigenvalue weighted by Crippen LogP contribution is -2.18. The molecule has 0 fully saturated rings. The van der Waals surface area contributed by atoms with Gasteiger partial charge in [0.15, 0.2) is 9.84 Å². The summed E-state index contributed by atoms with van der Waals surface area (Å²) in [6.07, 6.45) is 0. The maximum Gasteiger partial charge on any atom is 0.324 e. The Hall–Kier alpha value is -1.57. The van der Waals surface area contributed by atoms with Crippen LogP contribution in [-0.2, 0) is 9.84 Å². The highest BCUT2D eigenvalue weighted by molar-refractivity contribution is 7.92. The second kappa shape index (κ2) is 6.68. The first-order chi connectivity index (χ1) is 10.3. The number of hydrogen-bond acceptors (Lipinski definition) is 4. The van der Waals surface area contributed by atoms with Gasteiger partial charge in [0.25, 0.3) is 0 Å². The summed E-state index contributed by atoms with van der Waals surface area (Å²) >= 11 is 6.99. The highest BCUT2D eigenvalue weighted by Crippen LogP contribution is 2.27. The summed E-state index contributed by atoms with van der Waals surface area (Å²) in [5, 5.41) is 7.21. The standard InChI is InChI=1S/C14H15ClN2O3S2/c1-9(2)22(19,20)12-7-13(21-8-12)17-14(18)16-11-5-3-4-10(15)6-11/h3-9H,1-2H3,(H2,16,17,18). The van der Waals surface area contributed by atoms with Crippen molar-refractivity contribution in [2.75, 3.05) is 10.6 Å². The van der Waals surface area contributed by atoms with Crippen molar-refractivity contribution in [2.45, 2.75) is 24.0 Å². The molecule has 1 heterocycles. The number of sulfone groups is 1. The van der Waals surface area contributed by atoms with E-state index >= 15 is 0 Å². The van der Waals surface area contributed by atoms with E-state index in [4.69, 9.17) is 11.6 Å². The first-order valence-corrected chi connectivity index (χ1v) is 9.25. The van der Waals surface area contributed by atoms with Gasteiger partial charge in [-0.15, -0.1) is 11.3 Å². The molecule has 2 amide bonds. The van der Waals surface area contributed by atoms with Crippen LogP contribution in [0.4, 0.5) is 15.5 Å². The van der Waals surface area contributed by atoms with Gasteiger partial charge < -0.3 is 5.32 Å². The molecule has 0 aliphatic rings. The predicted octanol–water partition coefficient (Wildman–Crippen LogP) is 4.23. The zero-order chi connectivity index (χ0) is 16.3. The third kappa shape index (κ3) is 4.00. The van der Waals surface area contributed by atoms with E-state index in [0.717, 1.165) is 11.3 Å². The van der Waals surface area contributed by atoms with Gasteiger partial charge in [0.1, 0.15) is 0 Å². The van der Waals surface area contributed by atoms with E-state index in [1.54, 1.807) is 38.1 Å². The highest BCUT2D eigenvalue weighted by atomic mass is 35.5. The third-order valence-electron chi connectivity index (χ3n) is 2.84. The summed E-state index contributed by atoms with van der Waals surface area (Å²) < 4.78 is 24.0. The topological polar surface area (TPSA) is 75.3 Å². The fraction of sp³-hybridized carbons (Fsp3) is 0.214. The number of hydrogen-bond donors (Lipinski definition) is 2. The number of thiophene rings is 1. The number of carbonyl (C=O) groups is 1. The number of rotatable bonds is 4. The molecule has 0 bridgehead atoms. The first kappa shape index (κ1) is 16.8. The lowest BCUT2D eigenvalue weighted by Gasteiger charge is -2.06. The molecular weight excluding hydrogens is 344 g/mol. The summed E-state index contributed by atoms with van der Waals surface area (Å²) in [6, 6.07) is 7.73. The van der Waals surface area contributed by atoms with Gasteiger partial charge >= 0.3 is 6.03 Å². The maximum absolute atomic E-state index is 12.0. The van der Waals surface area contributed by atoms with Gasteiger partial charge in [0, 0.05) is 16.1 Å². The average molecular weight is 359 g/mol. The van der Waals surface area contributed by atoms with Crippen LogP contribution in [0, 0.1) is 0 Å². The molecule has 1 aromatic heterocycles. The van der Waals surface area contributed by atoms with Gasteiger partial charge in [-0.2, -0.15) is 0 Å². The van der Waals surface area contributed by atoms with Crippen molar-refractivity contribution in [3.05, 3.63) is 40.7 Å². The fourth-order valence-electron chi connectivity index (χ4n) is 1.65. The zero-order valence-electron chi connectivity index (χ0n) is 12.0. The Morgan fingerprint density at radius 2 is 1.95 bits per heavy atom. The summed E-state index contributed by atoms with van der Waals surface area (Å²) in [7, 11) is -3.34. The van der Waals surface area contributed by atoms with Gasteiger partial charge in [-0.25, -0.2) is 13.2 Å². The van der Waals surface area contributed by atoms with E-state index in [1.807, 2.05) is 0 Å². The number of nitrogens with one attached hydrogen (secondary N) is 2. The van der Waals surface area contributed by atoms with Crippen LogP contribution in [0.2, 0.25) is 5.02 Å². The minimum Gasteiger partial charge on any atom is -0.308 e. The van der Waals surface area contributed by atoms with E-state index in [0.29, 0.717) is 15.7 Å². The molecule has 2 rings (SSSR count). The molecule has 8 heteroatoms. The Morgan fingerprint density at radius 3 is 2.59 bits per heavy atom. The quantitative estimate of drug-likeness (QED) is 0.858. The monoisotopic (exact) mass is 358 g/mol. The largest absolute Gasteiger partial charge is 0.324 e. The van der Waals surface area contributed by atoms with E-state index in [-0.39, 0.29) is 4.90 Å². The van der Waals surface area contributed by atoms with Crippen molar-refractivity contribution in [3.63, 3.8) is 0 Å². The predicted molar refractivity (Wildman–Crippen MR) is 90.7 cm³/mol. The Morgan fingerprint density at radius 1 is 1.23 bits per heavy atom. The molecule has 2 N–H and O–H groups in total. The van der Waals surface area contributed by atoms with Crippen molar-refractivity contribution in [1.29, 1.82) is 0 Å². The minimum atomic E-state index is -3.34. The van der Waals surface area contributed by atoms with E-state index in [2.05, 4.69) is 10.6 Å². The molecule has 2 aromatic rings. The molecule has 5 nitrogen and oxygen atoms in total. The van der Waals surface area contributed by atoms with Crippen molar-refractivity contribution in [2.24, 2.45) is 0 Å². The molecule has 0 saturated carbocycles. The Kier molecular flexibility index (Phi) is 5.10. The Bertz CT molecular complexity index is 785. The molecule has 0 unspecified atom stereocenters. The first-order valence-electron chi connectivity index (χ1n) is 6.45. The summed E-state index contributed by atoms with van der Waals surface area (Å²) in [5.74, 6) is 0. The molecular formula is C14H15ClN2O3S2. The van der Waals surface area contributed by atoms with Crippen LogP contribution in [0.3, 0.4) is 0 Å². The van der Waals surface area contributed by atoms with Crippen LogP contribution < -0.4 is 10.6 Å². The van der Waals surface area contributed by atoms with Crippen LogP contribution in [0.5, 0.6) is 0 Å². The Balaban J connectivity index is 2.06. The summed E-state index contributed by atoms with van der Waals surface area (Å²) in [4.78, 5) is 12.1. The van der Waals surface area contributed by atoms with Crippen LogP contribution >= 0.6 is 22.9 Å². The smallest absolute Gasteiger partial charge is 0.308 e. The third-order valence-corrected chi connectivity index (χ3v) is 6.21. The second-order valence-electron chi connectivity index (χ2n) is 4.83. The molecule has 0 saturated heterocycles. The summed E-state index contributed by atoms with van der Waals surface area (Å²) in [5.41, 5.74) is 0.552. The SMILES string of the molecule is CC(C)S(=O)(=O)c1csc(NC(=O)Nc2cccc(Cl)c2)c1. The number of benzene rings is 1. The van der Waals surface area contributed by atoms with Crippen LogP contribution in [-0.4, -0.2) is 19.7 Å². The number of halogens is 1. The number of amides is 2. The zero-order valence-corrected chi connectivity index (χ0v) is 14.3. The molecule has 0 aliphatic heterocycles. The molecule has 0 spiro atoms. The Labute approximate surface area is 138 Å². The molecule has 0 atom stereocenters. The second-order valence-corrected chi connectivity index (χ2v) is 8.68. The van der Waals surface area contributed by atoms with Crippen molar-refractivity contribution in [3.8, 4) is 0 Å². The normalized spacial score (nSPS) is 11.5. The molecule has 118 valence electrons. The van der Waals surface area contributed by atoms with Gasteiger partial charge in [-0.3, -0.25) is 5.32 Å². The summed E-state index contributed by atoms with van der Waals surface area (Å²) in [6.45, 7) is 3.23. The van der Waals surface area contributed by atoms with Gasteiger partial charge in [0.2, 0.25) is 0 Å². The van der Waals surface area contributed by atoms with Gasteiger partial charge in [-0.05, 0) is 38.1 Å². The maximum atomic E-state index is 12.0. The highest BCUT2D eigenvalue weighted by Gasteiger charge is 2.21. The van der Waals surface area contributed by atoms with E-state index in [9.17, 15) is 13.2 Å². The fourth-order valence-corrected chi connectivity index (χ4v) is 4.08. The number of anilines is 2. The van der Waals surface area contributed by atoms with Gasteiger partial charge in [-0.1, -0.05) is 17.7 Å². The molecule has 22 heavy (non-hydrogen) atoms. The number of carbonyl (C=O) groups excluding carboxylic acids is 1. The average Bonchev–Trinajstić information content (AvgIpc) is 2.87. The molecule has 0 radical (unpaired) electrons. The number of urea groups is 1. The lowest BCUT2D eigenvalue weighted by molar-refractivity contribution is 0.262.